The number of nitrogens with one attached hydrogen (secondary N) is 1. The summed E-state index contributed by atoms with van der Waals surface area (Å²) in [4.78, 5) is 24.3. The summed E-state index contributed by atoms with van der Waals surface area (Å²) in [6.45, 7) is 1.94. The van der Waals surface area contributed by atoms with Crippen LogP contribution in [0.4, 0.5) is 11.4 Å². The van der Waals surface area contributed by atoms with Crippen molar-refractivity contribution in [3.63, 3.8) is 0 Å². The summed E-state index contributed by atoms with van der Waals surface area (Å²) in [6.07, 6.45) is 0.172. The molecule has 1 atom stereocenters. The van der Waals surface area contributed by atoms with Crippen molar-refractivity contribution >= 4 is 44.8 Å². The van der Waals surface area contributed by atoms with Gasteiger partial charge in [-0.3, -0.25) is 14.6 Å². The topological polar surface area (TPSA) is 87.8 Å². The van der Waals surface area contributed by atoms with Gasteiger partial charge in [-0.25, -0.2) is 0 Å². The predicted molar refractivity (Wildman–Crippen MR) is 101 cm³/mol. The van der Waals surface area contributed by atoms with Crippen LogP contribution in [-0.2, 0) is 9.59 Å². The number of para-hydroxylation sites is 1. The van der Waals surface area contributed by atoms with Crippen molar-refractivity contribution in [3.05, 3.63) is 58.6 Å². The fourth-order valence-electron chi connectivity index (χ4n) is 2.61. The van der Waals surface area contributed by atoms with Crippen LogP contribution in [0.3, 0.4) is 0 Å². The van der Waals surface area contributed by atoms with Crippen molar-refractivity contribution in [1.82, 2.24) is 0 Å². The second-order valence-corrected chi connectivity index (χ2v) is 6.62. The monoisotopic (exact) mass is 400 g/mol. The van der Waals surface area contributed by atoms with E-state index in [2.05, 4.69) is 26.3 Å². The van der Waals surface area contributed by atoms with Gasteiger partial charge in [0.1, 0.15) is 11.8 Å². The summed E-state index contributed by atoms with van der Waals surface area (Å²) in [6, 6.07) is 14.0. The van der Waals surface area contributed by atoms with Crippen LogP contribution >= 0.6 is 15.9 Å². The molecule has 25 heavy (non-hydrogen) atoms. The smallest absolute Gasteiger partial charge is 0.271 e. The molecule has 0 saturated carbocycles. The first kappa shape index (κ1) is 17.2. The molecule has 0 radical (unpaired) electrons. The molecule has 7 heteroatoms. The minimum atomic E-state index is -0.671. The van der Waals surface area contributed by atoms with E-state index in [1.165, 1.54) is 5.01 Å². The zero-order valence-electron chi connectivity index (χ0n) is 13.6. The Bertz CT molecular complexity index is 851. The number of benzene rings is 2. The third-order valence-corrected chi connectivity index (χ3v) is 4.83. The Morgan fingerprint density at radius 2 is 1.96 bits per heavy atom. The van der Waals surface area contributed by atoms with Crippen LogP contribution in [0.1, 0.15) is 12.0 Å². The van der Waals surface area contributed by atoms with Crippen molar-refractivity contribution in [1.29, 1.82) is 0 Å². The SMILES string of the molecule is Cc1cc(NC(=O)C2=NN(c3ccccc3)C(C(N)=O)C2)ccc1Br. The minimum Gasteiger partial charge on any atom is -0.368 e. The average Bonchev–Trinajstić information content (AvgIpc) is 3.05. The Morgan fingerprint density at radius 3 is 2.60 bits per heavy atom. The Hall–Kier alpha value is -2.67. The first-order valence-electron chi connectivity index (χ1n) is 7.74. The lowest BCUT2D eigenvalue weighted by molar-refractivity contribution is -0.119. The van der Waals surface area contributed by atoms with E-state index in [-0.39, 0.29) is 18.0 Å². The molecule has 2 aromatic rings. The standard InChI is InChI=1S/C18H17BrN4O2/c1-11-9-12(7-8-14(11)19)21-18(25)15-10-16(17(20)24)23(22-15)13-5-3-2-4-6-13/h2-9,16H,10H2,1H3,(H2,20,24)(H,21,25). The van der Waals surface area contributed by atoms with Crippen LogP contribution in [0.25, 0.3) is 0 Å². The highest BCUT2D eigenvalue weighted by Gasteiger charge is 2.34. The average molecular weight is 401 g/mol. The highest BCUT2D eigenvalue weighted by molar-refractivity contribution is 9.10. The Balaban J connectivity index is 1.82. The molecule has 128 valence electrons. The second kappa shape index (κ2) is 7.06. The molecule has 1 aliphatic rings. The Kier molecular flexibility index (Phi) is 4.85. The number of anilines is 2. The molecule has 6 nitrogen and oxygen atoms in total. The quantitative estimate of drug-likeness (QED) is 0.826. The largest absolute Gasteiger partial charge is 0.368 e. The maximum Gasteiger partial charge on any atom is 0.271 e. The number of rotatable bonds is 4. The van der Waals surface area contributed by atoms with E-state index in [4.69, 9.17) is 5.73 Å². The Labute approximate surface area is 153 Å². The number of carbonyl (C=O) groups is 2. The number of nitrogens with zero attached hydrogens (tertiary/aromatic N) is 2. The van der Waals surface area contributed by atoms with Gasteiger partial charge in [0.05, 0.1) is 5.69 Å². The number of hydrogen-bond acceptors (Lipinski definition) is 4. The number of hydrogen-bond donors (Lipinski definition) is 2. The van der Waals surface area contributed by atoms with Gasteiger partial charge in [-0.15, -0.1) is 0 Å². The predicted octanol–water partition coefficient (Wildman–Crippen LogP) is 2.82. The number of aryl methyl sites for hydroxylation is 1. The molecule has 2 amide bonds. The summed E-state index contributed by atoms with van der Waals surface area (Å²) in [5, 5.41) is 8.64. The first-order valence-corrected chi connectivity index (χ1v) is 8.53. The molecule has 1 unspecified atom stereocenters. The van der Waals surface area contributed by atoms with E-state index in [1.807, 2.05) is 49.4 Å². The lowest BCUT2D eigenvalue weighted by atomic mass is 10.1. The zero-order valence-corrected chi connectivity index (χ0v) is 15.2. The molecule has 0 fully saturated rings. The van der Waals surface area contributed by atoms with Gasteiger partial charge in [0, 0.05) is 16.6 Å². The van der Waals surface area contributed by atoms with Crippen LogP contribution in [0.5, 0.6) is 0 Å². The van der Waals surface area contributed by atoms with Gasteiger partial charge < -0.3 is 11.1 Å². The van der Waals surface area contributed by atoms with Crippen molar-refractivity contribution in [2.24, 2.45) is 10.8 Å². The first-order chi connectivity index (χ1) is 12.0. The molecular weight excluding hydrogens is 384 g/mol. The van der Waals surface area contributed by atoms with Crippen molar-refractivity contribution < 1.29 is 9.59 Å². The van der Waals surface area contributed by atoms with E-state index in [0.717, 1.165) is 10.0 Å². The van der Waals surface area contributed by atoms with Gasteiger partial charge in [-0.2, -0.15) is 5.10 Å². The van der Waals surface area contributed by atoms with E-state index in [0.29, 0.717) is 11.4 Å². The fourth-order valence-corrected chi connectivity index (χ4v) is 2.86. The summed E-state index contributed by atoms with van der Waals surface area (Å²) in [7, 11) is 0. The number of nitrogens with two attached hydrogens (primary N) is 1. The van der Waals surface area contributed by atoms with Crippen LogP contribution in [0, 0.1) is 6.92 Å². The lowest BCUT2D eigenvalue weighted by Crippen LogP contribution is -2.39. The minimum absolute atomic E-state index is 0.172. The third kappa shape index (κ3) is 3.71. The second-order valence-electron chi connectivity index (χ2n) is 5.77. The van der Waals surface area contributed by atoms with Crippen molar-refractivity contribution in [3.8, 4) is 0 Å². The summed E-state index contributed by atoms with van der Waals surface area (Å²) < 4.78 is 0.966. The van der Waals surface area contributed by atoms with Crippen LogP contribution in [-0.4, -0.2) is 23.6 Å². The molecule has 0 saturated heterocycles. The molecule has 1 aliphatic heterocycles. The normalized spacial score (nSPS) is 16.5. The number of amides is 2. The van der Waals surface area contributed by atoms with Crippen LogP contribution in [0.15, 0.2) is 58.1 Å². The number of halogens is 1. The third-order valence-electron chi connectivity index (χ3n) is 3.94. The van der Waals surface area contributed by atoms with Crippen LogP contribution in [0.2, 0.25) is 0 Å². The van der Waals surface area contributed by atoms with Gasteiger partial charge in [-0.05, 0) is 42.8 Å². The molecule has 2 aromatic carbocycles. The van der Waals surface area contributed by atoms with E-state index in [1.54, 1.807) is 6.07 Å². The molecule has 3 N–H and O–H groups in total. The molecule has 0 bridgehead atoms. The Morgan fingerprint density at radius 1 is 1.24 bits per heavy atom. The zero-order chi connectivity index (χ0) is 18.0. The highest BCUT2D eigenvalue weighted by Crippen LogP contribution is 2.25. The highest BCUT2D eigenvalue weighted by atomic mass is 79.9. The van der Waals surface area contributed by atoms with Gasteiger partial charge >= 0.3 is 0 Å². The summed E-state index contributed by atoms with van der Waals surface area (Å²) in [5.74, 6) is -0.860. The van der Waals surface area contributed by atoms with Gasteiger partial charge in [0.2, 0.25) is 5.91 Å². The molecule has 3 rings (SSSR count). The van der Waals surface area contributed by atoms with E-state index < -0.39 is 11.9 Å². The molecular formula is C18H17BrN4O2. The van der Waals surface area contributed by atoms with Crippen molar-refractivity contribution in [2.45, 2.75) is 19.4 Å². The fraction of sp³-hybridized carbons (Fsp3) is 0.167. The van der Waals surface area contributed by atoms with Crippen LogP contribution < -0.4 is 16.1 Å². The van der Waals surface area contributed by atoms with Gasteiger partial charge in [0.25, 0.3) is 5.91 Å². The maximum atomic E-state index is 12.5. The number of carbonyl (C=O) groups excluding carboxylic acids is 2. The molecule has 0 aliphatic carbocycles. The lowest BCUT2D eigenvalue weighted by Gasteiger charge is -2.20. The molecule has 1 heterocycles. The summed E-state index contributed by atoms with van der Waals surface area (Å²) >= 11 is 3.42. The van der Waals surface area contributed by atoms with Gasteiger partial charge in [-0.1, -0.05) is 34.1 Å². The van der Waals surface area contributed by atoms with E-state index in [9.17, 15) is 9.59 Å². The molecule has 0 aromatic heterocycles. The summed E-state index contributed by atoms with van der Waals surface area (Å²) in [5.41, 5.74) is 8.15. The number of primary amides is 1. The maximum absolute atomic E-state index is 12.5. The van der Waals surface area contributed by atoms with Gasteiger partial charge in [0.15, 0.2) is 0 Å². The van der Waals surface area contributed by atoms with Crippen molar-refractivity contribution in [2.75, 3.05) is 10.3 Å². The number of hydrazone groups is 1. The molecule has 0 spiro atoms. The van der Waals surface area contributed by atoms with E-state index >= 15 is 0 Å².